The molecule has 5 atom stereocenters. The van der Waals surface area contributed by atoms with Gasteiger partial charge in [0.05, 0.1) is 12.5 Å². The molecule has 1 aromatic rings. The highest BCUT2D eigenvalue weighted by Gasteiger charge is 2.33. The molecule has 0 aromatic heterocycles. The number of benzene rings is 1. The third-order valence-corrected chi connectivity index (χ3v) is 5.63. The van der Waals surface area contributed by atoms with E-state index in [2.05, 4.69) is 28.6 Å². The molecule has 0 saturated carbocycles. The summed E-state index contributed by atoms with van der Waals surface area (Å²) in [5.74, 6) is -4.88. The lowest BCUT2D eigenvalue weighted by Gasteiger charge is -2.27. The molecular formula is C22H33N5O6S. The van der Waals surface area contributed by atoms with Gasteiger partial charge in [0.1, 0.15) is 18.1 Å². The fourth-order valence-electron chi connectivity index (χ4n) is 3.05. The van der Waals surface area contributed by atoms with Crippen LogP contribution in [0, 0.1) is 5.92 Å². The van der Waals surface area contributed by atoms with Crippen molar-refractivity contribution in [1.82, 2.24) is 16.0 Å². The van der Waals surface area contributed by atoms with Gasteiger partial charge in [-0.2, -0.15) is 12.6 Å². The third kappa shape index (κ3) is 9.40. The molecule has 11 nitrogen and oxygen atoms in total. The summed E-state index contributed by atoms with van der Waals surface area (Å²) in [7, 11) is 0. The van der Waals surface area contributed by atoms with Crippen molar-refractivity contribution in [1.29, 1.82) is 0 Å². The second kappa shape index (κ2) is 14.2. The van der Waals surface area contributed by atoms with E-state index in [0.717, 1.165) is 5.56 Å². The van der Waals surface area contributed by atoms with E-state index in [9.17, 15) is 24.0 Å². The smallest absolute Gasteiger partial charge is 0.327 e. The van der Waals surface area contributed by atoms with E-state index in [0.29, 0.717) is 6.42 Å². The van der Waals surface area contributed by atoms with Gasteiger partial charge in [-0.05, 0) is 17.9 Å². The molecule has 0 spiro atoms. The Labute approximate surface area is 203 Å². The van der Waals surface area contributed by atoms with E-state index in [1.807, 2.05) is 6.07 Å². The summed E-state index contributed by atoms with van der Waals surface area (Å²) in [5, 5.41) is 16.4. The Morgan fingerprint density at radius 1 is 0.971 bits per heavy atom. The molecular weight excluding hydrogens is 462 g/mol. The fraction of sp³-hybridized carbons (Fsp3) is 0.500. The zero-order chi connectivity index (χ0) is 25.8. The minimum absolute atomic E-state index is 0.151. The van der Waals surface area contributed by atoms with Gasteiger partial charge in [-0.1, -0.05) is 50.6 Å². The largest absolute Gasteiger partial charge is 0.480 e. The number of nitrogens with one attached hydrogen (secondary N) is 3. The van der Waals surface area contributed by atoms with E-state index >= 15 is 0 Å². The molecule has 0 heterocycles. The van der Waals surface area contributed by atoms with E-state index in [-0.39, 0.29) is 18.1 Å². The van der Waals surface area contributed by atoms with Gasteiger partial charge in [-0.15, -0.1) is 0 Å². The highest BCUT2D eigenvalue weighted by Crippen LogP contribution is 2.10. The van der Waals surface area contributed by atoms with Crippen LogP contribution in [0.4, 0.5) is 0 Å². The number of carboxylic acid groups (broad SMARTS) is 1. The SMILES string of the molecule is CCC(C)C(NC(=O)C(CC(N)=O)NC(=O)C(N)Cc1ccccc1)C(=O)NC(CS)C(=O)O. The minimum atomic E-state index is -1.37. The molecule has 188 valence electrons. The number of primary amides is 1. The lowest BCUT2D eigenvalue weighted by molar-refractivity contribution is -0.142. The first-order chi connectivity index (χ1) is 16.0. The van der Waals surface area contributed by atoms with Crippen LogP contribution >= 0.6 is 12.6 Å². The molecule has 0 aliphatic heterocycles. The maximum atomic E-state index is 12.9. The summed E-state index contributed by atoms with van der Waals surface area (Å²) in [4.78, 5) is 61.0. The number of nitrogens with two attached hydrogens (primary N) is 2. The maximum absolute atomic E-state index is 12.9. The van der Waals surface area contributed by atoms with Gasteiger partial charge in [0, 0.05) is 5.75 Å². The zero-order valence-corrected chi connectivity index (χ0v) is 20.1. The normalized spacial score (nSPS) is 15.2. The Bertz CT molecular complexity index is 869. The van der Waals surface area contributed by atoms with Crippen molar-refractivity contribution in [3.8, 4) is 0 Å². The van der Waals surface area contributed by atoms with Crippen molar-refractivity contribution < 1.29 is 29.1 Å². The first kappa shape index (κ1) is 28.9. The molecule has 1 rings (SSSR count). The van der Waals surface area contributed by atoms with Crippen molar-refractivity contribution in [2.75, 3.05) is 5.75 Å². The van der Waals surface area contributed by atoms with Crippen LogP contribution in [0.3, 0.4) is 0 Å². The van der Waals surface area contributed by atoms with Crippen molar-refractivity contribution in [2.45, 2.75) is 57.3 Å². The molecule has 0 aliphatic carbocycles. The first-order valence-corrected chi connectivity index (χ1v) is 11.5. The molecule has 0 radical (unpaired) electrons. The van der Waals surface area contributed by atoms with Gasteiger partial charge in [-0.25, -0.2) is 4.79 Å². The van der Waals surface area contributed by atoms with Crippen molar-refractivity contribution in [2.24, 2.45) is 17.4 Å². The van der Waals surface area contributed by atoms with Gasteiger partial charge in [-0.3, -0.25) is 19.2 Å². The van der Waals surface area contributed by atoms with Crippen LogP contribution in [0.15, 0.2) is 30.3 Å². The van der Waals surface area contributed by atoms with Gasteiger partial charge in [0.2, 0.25) is 23.6 Å². The second-order valence-electron chi connectivity index (χ2n) is 7.98. The molecule has 8 N–H and O–H groups in total. The molecule has 34 heavy (non-hydrogen) atoms. The second-order valence-corrected chi connectivity index (χ2v) is 8.35. The van der Waals surface area contributed by atoms with E-state index in [4.69, 9.17) is 16.6 Å². The Hall–Kier alpha value is -3.12. The monoisotopic (exact) mass is 495 g/mol. The molecule has 0 aliphatic rings. The lowest BCUT2D eigenvalue weighted by Crippen LogP contribution is -2.59. The standard InChI is InChI=1S/C22H33N5O6S/c1-3-12(2)18(21(31)26-16(11-34)22(32)33)27-20(30)15(10-17(24)28)25-19(29)14(23)9-13-7-5-4-6-8-13/h4-8,12,14-16,18,34H,3,9-11,23H2,1-2H3,(H2,24,28)(H,25,29)(H,26,31)(H,27,30)(H,32,33). The number of thiol groups is 1. The van der Waals surface area contributed by atoms with E-state index in [1.165, 1.54) is 0 Å². The fourth-order valence-corrected chi connectivity index (χ4v) is 3.30. The van der Waals surface area contributed by atoms with E-state index < -0.39 is 60.2 Å². The summed E-state index contributed by atoms with van der Waals surface area (Å²) in [6, 6.07) is 4.27. The average molecular weight is 496 g/mol. The summed E-state index contributed by atoms with van der Waals surface area (Å²) < 4.78 is 0. The van der Waals surface area contributed by atoms with Crippen molar-refractivity contribution >= 4 is 42.2 Å². The lowest BCUT2D eigenvalue weighted by atomic mass is 9.97. The molecule has 0 fully saturated rings. The van der Waals surface area contributed by atoms with Crippen LogP contribution in [0.5, 0.6) is 0 Å². The Morgan fingerprint density at radius 3 is 2.06 bits per heavy atom. The average Bonchev–Trinajstić information content (AvgIpc) is 2.79. The number of aliphatic carboxylic acids is 1. The van der Waals surface area contributed by atoms with Crippen molar-refractivity contribution in [3.63, 3.8) is 0 Å². The number of carboxylic acids is 1. The molecule has 0 saturated heterocycles. The number of hydrogen-bond donors (Lipinski definition) is 7. The summed E-state index contributed by atoms with van der Waals surface area (Å²) in [5.41, 5.74) is 12.0. The van der Waals surface area contributed by atoms with E-state index in [1.54, 1.807) is 38.1 Å². The molecule has 0 bridgehead atoms. The van der Waals surface area contributed by atoms with Gasteiger partial charge in [0.15, 0.2) is 0 Å². The van der Waals surface area contributed by atoms with Crippen LogP contribution < -0.4 is 27.4 Å². The molecule has 12 heteroatoms. The summed E-state index contributed by atoms with van der Waals surface area (Å²) in [6.45, 7) is 3.48. The van der Waals surface area contributed by atoms with Gasteiger partial charge < -0.3 is 32.5 Å². The molecule has 4 amide bonds. The zero-order valence-electron chi connectivity index (χ0n) is 19.2. The van der Waals surface area contributed by atoms with Crippen LogP contribution in [-0.4, -0.2) is 64.6 Å². The summed E-state index contributed by atoms with van der Waals surface area (Å²) >= 11 is 3.91. The van der Waals surface area contributed by atoms with Crippen LogP contribution in [0.25, 0.3) is 0 Å². The number of carbonyl (C=O) groups excluding carboxylic acids is 4. The Morgan fingerprint density at radius 2 is 1.56 bits per heavy atom. The highest BCUT2D eigenvalue weighted by molar-refractivity contribution is 7.80. The van der Waals surface area contributed by atoms with Gasteiger partial charge >= 0.3 is 5.97 Å². The Balaban J connectivity index is 2.96. The quantitative estimate of drug-likeness (QED) is 0.160. The molecule has 1 aromatic carbocycles. The van der Waals surface area contributed by atoms with Gasteiger partial charge in [0.25, 0.3) is 0 Å². The van der Waals surface area contributed by atoms with Crippen LogP contribution in [0.2, 0.25) is 0 Å². The Kier molecular flexibility index (Phi) is 12.1. The molecule has 5 unspecified atom stereocenters. The summed E-state index contributed by atoms with van der Waals surface area (Å²) in [6.07, 6.45) is 0.167. The third-order valence-electron chi connectivity index (χ3n) is 5.26. The predicted octanol–water partition coefficient (Wildman–Crippen LogP) is -1.05. The number of amides is 4. The number of hydrogen-bond acceptors (Lipinski definition) is 7. The van der Waals surface area contributed by atoms with Crippen molar-refractivity contribution in [3.05, 3.63) is 35.9 Å². The predicted molar refractivity (Wildman–Crippen MR) is 129 cm³/mol. The topological polar surface area (TPSA) is 194 Å². The number of carbonyl (C=O) groups is 5. The minimum Gasteiger partial charge on any atom is -0.480 e. The first-order valence-electron chi connectivity index (χ1n) is 10.8. The highest BCUT2D eigenvalue weighted by atomic mass is 32.1. The van der Waals surface area contributed by atoms with Crippen LogP contribution in [0.1, 0.15) is 32.3 Å². The maximum Gasteiger partial charge on any atom is 0.327 e. The van der Waals surface area contributed by atoms with Crippen LogP contribution in [-0.2, 0) is 30.4 Å². The number of rotatable bonds is 14.